The van der Waals surface area contributed by atoms with Gasteiger partial charge in [0.15, 0.2) is 5.78 Å². The molecule has 0 radical (unpaired) electrons. The molecule has 2 aliphatic rings. The van der Waals surface area contributed by atoms with Crippen LogP contribution in [-0.2, 0) is 22.6 Å². The average Bonchev–Trinajstić information content (AvgIpc) is 3.52. The topological polar surface area (TPSA) is 78.7 Å². The standard InChI is InChI=1S/C18H26N4O3.C16H26/c1-12-4-5-15-17(12)18(19-22(15)10-13(2)24)14(3)20-6-8-21(9-7-20)16(25)11-23;1-5-7-11-15(9-6-2)16-12-8-10-13(3)14(16)4/h12,23H,3-11H2,1-2H3;8,10,12,15H,5-7,9,11H2,1-4H3. The molecule has 7 heteroatoms. The summed E-state index contributed by atoms with van der Waals surface area (Å²) in [6.45, 7) is 19.5. The number of unbranched alkanes of at least 4 members (excludes halogenated alkanes) is 1. The summed E-state index contributed by atoms with van der Waals surface area (Å²) in [5, 5.41) is 13.7. The Labute approximate surface area is 247 Å². The molecule has 2 aromatic rings. The molecule has 2 heterocycles. The fourth-order valence-electron chi connectivity index (χ4n) is 6.29. The van der Waals surface area contributed by atoms with Crippen LogP contribution in [0, 0.1) is 13.8 Å². The number of ketones is 1. The van der Waals surface area contributed by atoms with Gasteiger partial charge in [-0.2, -0.15) is 5.10 Å². The number of aliphatic hydroxyl groups excluding tert-OH is 1. The van der Waals surface area contributed by atoms with Crippen molar-refractivity contribution in [1.82, 2.24) is 19.6 Å². The number of nitrogens with zero attached hydrogens (tertiary/aromatic N) is 4. The molecule has 7 nitrogen and oxygen atoms in total. The third-order valence-electron chi connectivity index (χ3n) is 8.83. The van der Waals surface area contributed by atoms with E-state index in [4.69, 9.17) is 10.2 Å². The Hall–Kier alpha value is -2.93. The van der Waals surface area contributed by atoms with Crippen LogP contribution in [-0.4, -0.2) is 69.2 Å². The number of rotatable bonds is 11. The second-order valence-corrected chi connectivity index (χ2v) is 11.9. The molecule has 1 aromatic heterocycles. The fraction of sp³-hybridized carbons (Fsp3) is 0.618. The molecule has 1 aliphatic heterocycles. The van der Waals surface area contributed by atoms with E-state index in [-0.39, 0.29) is 11.7 Å². The van der Waals surface area contributed by atoms with Gasteiger partial charge in [-0.15, -0.1) is 0 Å². The number of hydrogen-bond acceptors (Lipinski definition) is 5. The lowest BCUT2D eigenvalue weighted by molar-refractivity contribution is -0.135. The Kier molecular flexibility index (Phi) is 12.2. The highest BCUT2D eigenvalue weighted by molar-refractivity contribution is 5.77. The van der Waals surface area contributed by atoms with Gasteiger partial charge in [-0.25, -0.2) is 0 Å². The number of carbonyl (C=O) groups excluding carboxylic acids is 2. The van der Waals surface area contributed by atoms with Crippen LogP contribution >= 0.6 is 0 Å². The van der Waals surface area contributed by atoms with Crippen LogP contribution in [0.3, 0.4) is 0 Å². The van der Waals surface area contributed by atoms with Crippen LogP contribution in [0.4, 0.5) is 0 Å². The first kappa shape index (κ1) is 32.6. The summed E-state index contributed by atoms with van der Waals surface area (Å²) in [5.41, 5.74) is 8.68. The molecule has 1 N–H and O–H groups in total. The predicted octanol–water partition coefficient (Wildman–Crippen LogP) is 6.01. The largest absolute Gasteiger partial charge is 0.387 e. The first-order chi connectivity index (χ1) is 19.6. The van der Waals surface area contributed by atoms with Crippen LogP contribution in [0.5, 0.6) is 0 Å². The molecule has 4 rings (SSSR count). The molecule has 1 aromatic carbocycles. The molecular weight excluding hydrogens is 512 g/mol. The van der Waals surface area contributed by atoms with Gasteiger partial charge in [0.2, 0.25) is 5.91 Å². The SMILES string of the molecule is C=C(c1nn(CC(C)=O)c2c1C(C)CC2)N1CCN(C(=O)CO)CC1.CCCCC(CCC)c1cccc(C)c1C. The maximum Gasteiger partial charge on any atom is 0.248 e. The minimum atomic E-state index is -0.443. The zero-order chi connectivity index (χ0) is 30.1. The van der Waals surface area contributed by atoms with Gasteiger partial charge in [0.05, 0.1) is 12.2 Å². The first-order valence-electron chi connectivity index (χ1n) is 15.6. The minimum absolute atomic E-state index is 0.0955. The van der Waals surface area contributed by atoms with E-state index in [0.29, 0.717) is 38.6 Å². The van der Waals surface area contributed by atoms with Crippen molar-refractivity contribution in [3.63, 3.8) is 0 Å². The second-order valence-electron chi connectivity index (χ2n) is 11.9. The second kappa shape index (κ2) is 15.3. The normalized spacial score (nSPS) is 17.1. The molecular formula is C34H52N4O3. The lowest BCUT2D eigenvalue weighted by Gasteiger charge is -2.36. The highest BCUT2D eigenvalue weighted by Gasteiger charge is 2.31. The predicted molar refractivity (Wildman–Crippen MR) is 167 cm³/mol. The van der Waals surface area contributed by atoms with Crippen molar-refractivity contribution in [1.29, 1.82) is 0 Å². The van der Waals surface area contributed by atoms with E-state index in [1.807, 2.05) is 4.68 Å². The molecule has 1 amide bonds. The number of amides is 1. The minimum Gasteiger partial charge on any atom is -0.387 e. The van der Waals surface area contributed by atoms with Gasteiger partial charge in [0, 0.05) is 37.4 Å². The van der Waals surface area contributed by atoms with Crippen LogP contribution < -0.4 is 0 Å². The number of aromatic nitrogens is 2. The average molecular weight is 565 g/mol. The molecule has 1 aliphatic carbocycles. The van der Waals surface area contributed by atoms with Gasteiger partial charge in [0.1, 0.15) is 12.3 Å². The Morgan fingerprint density at radius 2 is 1.76 bits per heavy atom. The summed E-state index contributed by atoms with van der Waals surface area (Å²) in [4.78, 5) is 27.0. The van der Waals surface area contributed by atoms with Crippen LogP contribution in [0.2, 0.25) is 0 Å². The van der Waals surface area contributed by atoms with Crippen molar-refractivity contribution >= 4 is 17.4 Å². The molecule has 226 valence electrons. The van der Waals surface area contributed by atoms with E-state index in [1.54, 1.807) is 17.4 Å². The lowest BCUT2D eigenvalue weighted by Crippen LogP contribution is -2.48. The van der Waals surface area contributed by atoms with Crippen molar-refractivity contribution < 1.29 is 14.7 Å². The molecule has 1 fully saturated rings. The highest BCUT2D eigenvalue weighted by atomic mass is 16.3. The van der Waals surface area contributed by atoms with E-state index in [1.165, 1.54) is 48.8 Å². The number of carbonyl (C=O) groups is 2. The molecule has 41 heavy (non-hydrogen) atoms. The fourth-order valence-corrected chi connectivity index (χ4v) is 6.29. The van der Waals surface area contributed by atoms with E-state index in [9.17, 15) is 9.59 Å². The number of Topliss-reactive ketones (excluding diaryl/α,β-unsaturated/α-hetero) is 1. The Morgan fingerprint density at radius 3 is 2.37 bits per heavy atom. The number of fused-ring (bicyclic) bond motifs is 1. The molecule has 2 unspecified atom stereocenters. The maximum atomic E-state index is 11.6. The monoisotopic (exact) mass is 564 g/mol. The molecule has 0 bridgehead atoms. The summed E-state index contributed by atoms with van der Waals surface area (Å²) in [5.74, 6) is 1.06. The van der Waals surface area contributed by atoms with Crippen LogP contribution in [0.25, 0.3) is 5.70 Å². The van der Waals surface area contributed by atoms with E-state index in [2.05, 4.69) is 64.3 Å². The summed E-state index contributed by atoms with van der Waals surface area (Å²) in [7, 11) is 0. The highest BCUT2D eigenvalue weighted by Crippen LogP contribution is 2.38. The number of piperazine rings is 1. The Bertz CT molecular complexity index is 1190. The zero-order valence-corrected chi connectivity index (χ0v) is 26.3. The Morgan fingerprint density at radius 1 is 1.07 bits per heavy atom. The number of benzene rings is 1. The molecule has 1 saturated heterocycles. The molecule has 0 saturated carbocycles. The Balaban J connectivity index is 0.000000250. The summed E-state index contributed by atoms with van der Waals surface area (Å²) < 4.78 is 1.84. The zero-order valence-electron chi connectivity index (χ0n) is 26.3. The van der Waals surface area contributed by atoms with Gasteiger partial charge >= 0.3 is 0 Å². The summed E-state index contributed by atoms with van der Waals surface area (Å²) in [6, 6.07) is 6.77. The summed E-state index contributed by atoms with van der Waals surface area (Å²) >= 11 is 0. The lowest BCUT2D eigenvalue weighted by atomic mass is 9.86. The maximum absolute atomic E-state index is 11.6. The number of hydrogen-bond donors (Lipinski definition) is 1. The van der Waals surface area contributed by atoms with Crippen LogP contribution in [0.15, 0.2) is 24.8 Å². The first-order valence-corrected chi connectivity index (χ1v) is 15.6. The van der Waals surface area contributed by atoms with Gasteiger partial charge in [-0.3, -0.25) is 14.3 Å². The number of aliphatic hydroxyl groups is 1. The third kappa shape index (κ3) is 8.09. The van der Waals surface area contributed by atoms with Gasteiger partial charge < -0.3 is 14.9 Å². The van der Waals surface area contributed by atoms with Gasteiger partial charge in [0.25, 0.3) is 0 Å². The number of aryl methyl sites for hydroxylation is 1. The van der Waals surface area contributed by atoms with Crippen molar-refractivity contribution in [2.75, 3.05) is 32.8 Å². The van der Waals surface area contributed by atoms with Crippen molar-refractivity contribution in [3.8, 4) is 0 Å². The molecule has 0 spiro atoms. The van der Waals surface area contributed by atoms with E-state index >= 15 is 0 Å². The summed E-state index contributed by atoms with van der Waals surface area (Å²) in [6.07, 6.45) is 8.68. The smallest absolute Gasteiger partial charge is 0.248 e. The van der Waals surface area contributed by atoms with Gasteiger partial charge in [-0.1, -0.05) is 64.8 Å². The quantitative estimate of drug-likeness (QED) is 0.362. The van der Waals surface area contributed by atoms with Crippen LogP contribution in [0.1, 0.15) is 112 Å². The molecule has 2 atom stereocenters. The van der Waals surface area contributed by atoms with Crippen molar-refractivity contribution in [2.45, 2.75) is 105 Å². The van der Waals surface area contributed by atoms with Crippen molar-refractivity contribution in [3.05, 3.63) is 58.4 Å². The van der Waals surface area contributed by atoms with Crippen molar-refractivity contribution in [2.24, 2.45) is 0 Å². The van der Waals surface area contributed by atoms with E-state index in [0.717, 1.165) is 35.8 Å². The van der Waals surface area contributed by atoms with E-state index < -0.39 is 6.61 Å². The third-order valence-corrected chi connectivity index (χ3v) is 8.83. The van der Waals surface area contributed by atoms with Gasteiger partial charge in [-0.05, 0) is 75.0 Å².